The first kappa shape index (κ1) is 13.3. The summed E-state index contributed by atoms with van der Waals surface area (Å²) in [5.41, 5.74) is 6.23. The molecule has 0 aliphatic carbocycles. The molecule has 0 saturated heterocycles. The molecule has 0 aliphatic rings. The van der Waals surface area contributed by atoms with Gasteiger partial charge in [-0.25, -0.2) is 0 Å². The number of rotatable bonds is 5. The van der Waals surface area contributed by atoms with Gasteiger partial charge in [0.05, 0.1) is 13.7 Å². The lowest BCUT2D eigenvalue weighted by Crippen LogP contribution is -2.34. The third-order valence-corrected chi connectivity index (χ3v) is 2.33. The van der Waals surface area contributed by atoms with E-state index in [1.165, 1.54) is 7.11 Å². The molecule has 0 heterocycles. The van der Waals surface area contributed by atoms with E-state index < -0.39 is 12.0 Å². The highest BCUT2D eigenvalue weighted by Crippen LogP contribution is 2.29. The Morgan fingerprint density at radius 2 is 2.24 bits per heavy atom. The molecule has 1 unspecified atom stereocenters. The van der Waals surface area contributed by atoms with Crippen LogP contribution in [0.4, 0.5) is 0 Å². The Labute approximate surface area is 100 Å². The molecule has 0 aliphatic heterocycles. The first-order chi connectivity index (χ1) is 8.10. The Morgan fingerprint density at radius 1 is 1.53 bits per heavy atom. The Morgan fingerprint density at radius 3 is 2.82 bits per heavy atom. The number of phenolic OH excluding ortho intramolecular Hbond substituents is 1. The number of hydrogen-bond acceptors (Lipinski definition) is 5. The highest BCUT2D eigenvalue weighted by atomic mass is 16.5. The zero-order valence-electron chi connectivity index (χ0n) is 9.97. The quantitative estimate of drug-likeness (QED) is 0.744. The number of carbonyl (C=O) groups is 1. The zero-order chi connectivity index (χ0) is 12.8. The van der Waals surface area contributed by atoms with E-state index in [9.17, 15) is 9.90 Å². The summed E-state index contributed by atoms with van der Waals surface area (Å²) in [6, 6.07) is 4.27. The van der Waals surface area contributed by atoms with E-state index in [2.05, 4.69) is 0 Å². The minimum atomic E-state index is -0.784. The summed E-state index contributed by atoms with van der Waals surface area (Å²) in [5, 5.41) is 9.82. The molecule has 5 nitrogen and oxygen atoms in total. The summed E-state index contributed by atoms with van der Waals surface area (Å²) in [5.74, 6) is -0.108. The maximum atomic E-state index is 11.4. The lowest BCUT2D eigenvalue weighted by Gasteiger charge is -2.13. The lowest BCUT2D eigenvalue weighted by atomic mass is 10.1. The summed E-state index contributed by atoms with van der Waals surface area (Å²) >= 11 is 0. The Hall–Kier alpha value is -1.75. The third kappa shape index (κ3) is 3.35. The number of nitrogens with two attached hydrogens (primary N) is 1. The summed E-state index contributed by atoms with van der Waals surface area (Å²) in [7, 11) is 1.46. The summed E-state index contributed by atoms with van der Waals surface area (Å²) in [6.07, 6.45) is 0.210. The van der Waals surface area contributed by atoms with E-state index in [0.717, 1.165) is 0 Å². The second kappa shape index (κ2) is 6.10. The van der Waals surface area contributed by atoms with Gasteiger partial charge in [0, 0.05) is 6.42 Å². The Kier molecular flexibility index (Phi) is 4.78. The van der Waals surface area contributed by atoms with E-state index in [1.54, 1.807) is 25.1 Å². The second-order valence-corrected chi connectivity index (χ2v) is 3.53. The molecule has 5 heteroatoms. The molecule has 3 N–H and O–H groups in total. The molecular weight excluding hydrogens is 222 g/mol. The van der Waals surface area contributed by atoms with Crippen LogP contribution in [0.5, 0.6) is 11.5 Å². The van der Waals surface area contributed by atoms with Gasteiger partial charge in [-0.15, -0.1) is 0 Å². The molecule has 0 saturated carbocycles. The van der Waals surface area contributed by atoms with Gasteiger partial charge in [-0.3, -0.25) is 4.79 Å². The van der Waals surface area contributed by atoms with Gasteiger partial charge in [-0.05, 0) is 18.6 Å². The maximum absolute atomic E-state index is 11.4. The number of esters is 1. The van der Waals surface area contributed by atoms with Crippen LogP contribution >= 0.6 is 0 Å². The molecule has 0 spiro atoms. The lowest BCUT2D eigenvalue weighted by molar-refractivity contribution is -0.144. The first-order valence-corrected chi connectivity index (χ1v) is 5.37. The summed E-state index contributed by atoms with van der Waals surface area (Å²) < 4.78 is 9.76. The molecule has 94 valence electrons. The van der Waals surface area contributed by atoms with Crippen LogP contribution < -0.4 is 10.5 Å². The van der Waals surface area contributed by atoms with Crippen LogP contribution in [0.25, 0.3) is 0 Å². The largest absolute Gasteiger partial charge is 0.504 e. The summed E-state index contributed by atoms with van der Waals surface area (Å²) in [6.45, 7) is 2.00. The molecule has 0 aromatic heterocycles. The first-order valence-electron chi connectivity index (χ1n) is 5.37. The minimum absolute atomic E-state index is 0.00903. The predicted octanol–water partition coefficient (Wildman–Crippen LogP) is 0.834. The molecule has 0 bridgehead atoms. The average Bonchev–Trinajstić information content (AvgIpc) is 2.32. The number of ether oxygens (including phenoxy) is 2. The molecule has 0 fully saturated rings. The SMILES string of the molecule is CCOC(=O)C(N)Cc1cccc(OC)c1O. The highest BCUT2D eigenvalue weighted by molar-refractivity contribution is 5.76. The van der Waals surface area contributed by atoms with Crippen molar-refractivity contribution in [3.8, 4) is 11.5 Å². The van der Waals surface area contributed by atoms with Gasteiger partial charge >= 0.3 is 5.97 Å². The van der Waals surface area contributed by atoms with Crippen molar-refractivity contribution in [1.29, 1.82) is 0 Å². The molecule has 0 amide bonds. The predicted molar refractivity (Wildman–Crippen MR) is 63.0 cm³/mol. The van der Waals surface area contributed by atoms with E-state index >= 15 is 0 Å². The van der Waals surface area contributed by atoms with Gasteiger partial charge in [0.1, 0.15) is 6.04 Å². The smallest absolute Gasteiger partial charge is 0.323 e. The fraction of sp³-hybridized carbons (Fsp3) is 0.417. The van der Waals surface area contributed by atoms with Crippen molar-refractivity contribution in [2.45, 2.75) is 19.4 Å². The molecule has 17 heavy (non-hydrogen) atoms. The van der Waals surface area contributed by atoms with Crippen molar-refractivity contribution in [3.63, 3.8) is 0 Å². The van der Waals surface area contributed by atoms with Gasteiger partial charge < -0.3 is 20.3 Å². The topological polar surface area (TPSA) is 81.8 Å². The van der Waals surface area contributed by atoms with E-state index in [0.29, 0.717) is 11.3 Å². The zero-order valence-corrected chi connectivity index (χ0v) is 9.97. The van der Waals surface area contributed by atoms with E-state index in [-0.39, 0.29) is 18.8 Å². The number of carbonyl (C=O) groups excluding carboxylic acids is 1. The molecule has 1 atom stereocenters. The number of para-hydroxylation sites is 1. The van der Waals surface area contributed by atoms with E-state index in [4.69, 9.17) is 15.2 Å². The molecular formula is C12H17NO4. The molecule has 1 aromatic carbocycles. The van der Waals surface area contributed by atoms with Crippen molar-refractivity contribution in [2.24, 2.45) is 5.73 Å². The van der Waals surface area contributed by atoms with Crippen molar-refractivity contribution in [2.75, 3.05) is 13.7 Å². The van der Waals surface area contributed by atoms with Gasteiger partial charge in [0.15, 0.2) is 11.5 Å². The van der Waals surface area contributed by atoms with Crippen LogP contribution in [0.3, 0.4) is 0 Å². The average molecular weight is 239 g/mol. The molecule has 0 radical (unpaired) electrons. The maximum Gasteiger partial charge on any atom is 0.323 e. The Balaban J connectivity index is 2.78. The van der Waals surface area contributed by atoms with Crippen molar-refractivity contribution in [1.82, 2.24) is 0 Å². The van der Waals surface area contributed by atoms with Crippen LogP contribution in [-0.2, 0) is 16.0 Å². The van der Waals surface area contributed by atoms with Crippen LogP contribution in [0.2, 0.25) is 0 Å². The molecule has 1 rings (SSSR count). The Bertz CT molecular complexity index is 392. The van der Waals surface area contributed by atoms with Gasteiger partial charge in [0.25, 0.3) is 0 Å². The normalized spacial score (nSPS) is 11.9. The fourth-order valence-electron chi connectivity index (χ4n) is 1.47. The van der Waals surface area contributed by atoms with Gasteiger partial charge in [-0.2, -0.15) is 0 Å². The summed E-state index contributed by atoms with van der Waals surface area (Å²) in [4.78, 5) is 11.4. The monoisotopic (exact) mass is 239 g/mol. The highest BCUT2D eigenvalue weighted by Gasteiger charge is 2.18. The number of hydrogen-bond donors (Lipinski definition) is 2. The van der Waals surface area contributed by atoms with Gasteiger partial charge in [-0.1, -0.05) is 12.1 Å². The fourth-order valence-corrected chi connectivity index (χ4v) is 1.47. The number of benzene rings is 1. The second-order valence-electron chi connectivity index (χ2n) is 3.53. The van der Waals surface area contributed by atoms with E-state index in [1.807, 2.05) is 0 Å². The standard InChI is InChI=1S/C12H17NO4/c1-3-17-12(15)9(13)7-8-5-4-6-10(16-2)11(8)14/h4-6,9,14H,3,7,13H2,1-2H3. The van der Waals surface area contributed by atoms with Crippen molar-refractivity contribution >= 4 is 5.97 Å². The minimum Gasteiger partial charge on any atom is -0.504 e. The third-order valence-electron chi connectivity index (χ3n) is 2.33. The van der Waals surface area contributed by atoms with Crippen LogP contribution in [-0.4, -0.2) is 30.8 Å². The van der Waals surface area contributed by atoms with Crippen molar-refractivity contribution in [3.05, 3.63) is 23.8 Å². The van der Waals surface area contributed by atoms with Crippen molar-refractivity contribution < 1.29 is 19.4 Å². The van der Waals surface area contributed by atoms with Crippen LogP contribution in [0, 0.1) is 0 Å². The number of phenols is 1. The number of aromatic hydroxyl groups is 1. The van der Waals surface area contributed by atoms with Crippen LogP contribution in [0.15, 0.2) is 18.2 Å². The number of methoxy groups -OCH3 is 1. The molecule has 1 aromatic rings. The van der Waals surface area contributed by atoms with Gasteiger partial charge in [0.2, 0.25) is 0 Å². The van der Waals surface area contributed by atoms with Crippen LogP contribution in [0.1, 0.15) is 12.5 Å².